The van der Waals surface area contributed by atoms with Crippen molar-refractivity contribution in [3.05, 3.63) is 86.3 Å². The van der Waals surface area contributed by atoms with Crippen LogP contribution < -0.4 is 10.6 Å². The average Bonchev–Trinajstić information content (AvgIpc) is 2.69. The average molecular weight is 455 g/mol. The Morgan fingerprint density at radius 2 is 1.79 bits per heavy atom. The Bertz CT molecular complexity index is 1050. The number of carbonyl (C=O) groups is 1. The second-order valence-electron chi connectivity index (χ2n) is 6.84. The number of nitrogens with two attached hydrogens (primary N) is 1. The van der Waals surface area contributed by atoms with E-state index in [-0.39, 0.29) is 5.78 Å². The summed E-state index contributed by atoms with van der Waals surface area (Å²) < 4.78 is 0.939. The Labute approximate surface area is 177 Å². The number of nitrogens with zero attached hydrogens (tertiary/aromatic N) is 2. The monoisotopic (exact) mass is 453 g/mol. The summed E-state index contributed by atoms with van der Waals surface area (Å²) in [5.74, 6) is 0.00373. The van der Waals surface area contributed by atoms with E-state index in [1.807, 2.05) is 41.3 Å². The molecule has 0 spiro atoms. The van der Waals surface area contributed by atoms with Gasteiger partial charge in [0.05, 0.1) is 17.6 Å². The zero-order valence-corrected chi connectivity index (χ0v) is 17.3. The Morgan fingerprint density at radius 1 is 1.11 bits per heavy atom. The number of carbonyl (C=O) groups excluding carboxylic acids is 1. The lowest BCUT2D eigenvalue weighted by molar-refractivity contribution is -0.116. The van der Waals surface area contributed by atoms with E-state index in [4.69, 9.17) is 17.3 Å². The minimum Gasteiger partial charge on any atom is -0.384 e. The number of Topliss-reactive ketones (excluding diaryl/α,β-unsaturated/α-hetero) is 1. The molecule has 2 aromatic rings. The lowest BCUT2D eigenvalue weighted by atomic mass is 9.75. The van der Waals surface area contributed by atoms with E-state index >= 15 is 0 Å². The minimum absolute atomic E-state index is 0.0772. The van der Waals surface area contributed by atoms with Gasteiger partial charge < -0.3 is 5.73 Å². The van der Waals surface area contributed by atoms with Crippen molar-refractivity contribution >= 4 is 39.0 Å². The molecule has 1 aliphatic heterocycles. The molecule has 2 aromatic carbocycles. The molecule has 0 aromatic heterocycles. The number of halogens is 2. The second kappa shape index (κ2) is 7.46. The first-order chi connectivity index (χ1) is 13.5. The molecule has 0 bridgehead atoms. The maximum absolute atomic E-state index is 13.0. The van der Waals surface area contributed by atoms with Crippen LogP contribution >= 0.6 is 27.5 Å². The smallest absolute Gasteiger partial charge is 0.161 e. The molecule has 0 radical (unpaired) electrons. The predicted molar refractivity (Wildman–Crippen MR) is 114 cm³/mol. The summed E-state index contributed by atoms with van der Waals surface area (Å²) in [4.78, 5) is 14.8. The third-order valence-electron chi connectivity index (χ3n) is 5.20. The SMILES string of the molecule is N#CC1=C(N)N(c2ccc(Cl)cc2)C2=C(C(=O)CCC2)[C@@H]1c1ccc(Br)cc1. The number of ketones is 1. The Kier molecular flexibility index (Phi) is 5.01. The minimum atomic E-state index is -0.440. The van der Waals surface area contributed by atoms with E-state index in [1.54, 1.807) is 12.1 Å². The highest BCUT2D eigenvalue weighted by atomic mass is 79.9. The van der Waals surface area contributed by atoms with Gasteiger partial charge in [0, 0.05) is 32.9 Å². The summed E-state index contributed by atoms with van der Waals surface area (Å²) in [5.41, 5.74) is 10.1. The first-order valence-electron chi connectivity index (χ1n) is 8.98. The van der Waals surface area contributed by atoms with Gasteiger partial charge in [-0.05, 0) is 54.8 Å². The van der Waals surface area contributed by atoms with Crippen molar-refractivity contribution in [1.29, 1.82) is 5.26 Å². The fourth-order valence-electron chi connectivity index (χ4n) is 3.96. The van der Waals surface area contributed by atoms with Gasteiger partial charge in [0.25, 0.3) is 0 Å². The van der Waals surface area contributed by atoms with Crippen molar-refractivity contribution in [2.24, 2.45) is 5.73 Å². The molecular formula is C22H17BrClN3O. The van der Waals surface area contributed by atoms with Crippen LogP contribution in [0.15, 0.2) is 75.7 Å². The predicted octanol–water partition coefficient (Wildman–Crippen LogP) is 5.41. The van der Waals surface area contributed by atoms with Crippen LogP contribution in [-0.2, 0) is 4.79 Å². The first kappa shape index (κ1) is 18.8. The zero-order chi connectivity index (χ0) is 19.8. The highest BCUT2D eigenvalue weighted by molar-refractivity contribution is 9.10. The quantitative estimate of drug-likeness (QED) is 0.659. The van der Waals surface area contributed by atoms with Crippen LogP contribution in [0, 0.1) is 11.3 Å². The molecule has 4 nitrogen and oxygen atoms in total. The van der Waals surface area contributed by atoms with Crippen LogP contribution in [0.2, 0.25) is 5.02 Å². The van der Waals surface area contributed by atoms with Crippen molar-refractivity contribution in [1.82, 2.24) is 0 Å². The van der Waals surface area contributed by atoms with Gasteiger partial charge in [-0.2, -0.15) is 5.26 Å². The van der Waals surface area contributed by atoms with E-state index in [1.165, 1.54) is 0 Å². The Balaban J connectivity index is 1.95. The molecule has 140 valence electrons. The van der Waals surface area contributed by atoms with Crippen LogP contribution in [0.1, 0.15) is 30.7 Å². The zero-order valence-electron chi connectivity index (χ0n) is 15.0. The second-order valence-corrected chi connectivity index (χ2v) is 8.20. The van der Waals surface area contributed by atoms with Crippen molar-refractivity contribution < 1.29 is 4.79 Å². The molecule has 2 aliphatic rings. The third-order valence-corrected chi connectivity index (χ3v) is 5.98. The highest BCUT2D eigenvalue weighted by Gasteiger charge is 2.40. The number of hydrogen-bond acceptors (Lipinski definition) is 4. The summed E-state index contributed by atoms with van der Waals surface area (Å²) >= 11 is 9.48. The van der Waals surface area contributed by atoms with Gasteiger partial charge in [0.1, 0.15) is 5.82 Å². The summed E-state index contributed by atoms with van der Waals surface area (Å²) in [6.07, 6.45) is 1.99. The molecule has 0 fully saturated rings. The van der Waals surface area contributed by atoms with Gasteiger partial charge in [-0.1, -0.05) is 39.7 Å². The summed E-state index contributed by atoms with van der Waals surface area (Å²) in [6, 6.07) is 17.2. The topological polar surface area (TPSA) is 70.1 Å². The van der Waals surface area contributed by atoms with Gasteiger partial charge in [-0.3, -0.25) is 9.69 Å². The van der Waals surface area contributed by atoms with Crippen LogP contribution in [0.3, 0.4) is 0 Å². The van der Waals surface area contributed by atoms with E-state index in [0.717, 1.165) is 34.3 Å². The van der Waals surface area contributed by atoms with Gasteiger partial charge in [0.15, 0.2) is 5.78 Å². The lowest BCUT2D eigenvalue weighted by Gasteiger charge is -2.39. The molecule has 4 rings (SSSR count). The van der Waals surface area contributed by atoms with Crippen LogP contribution in [-0.4, -0.2) is 5.78 Å². The fourth-order valence-corrected chi connectivity index (χ4v) is 4.35. The Hall–Kier alpha value is -2.55. The van der Waals surface area contributed by atoms with E-state index in [9.17, 15) is 10.1 Å². The molecule has 0 unspecified atom stereocenters. The summed E-state index contributed by atoms with van der Waals surface area (Å²) in [7, 11) is 0. The van der Waals surface area contributed by atoms with Gasteiger partial charge in [-0.25, -0.2) is 0 Å². The first-order valence-corrected chi connectivity index (χ1v) is 10.2. The number of hydrogen-bond donors (Lipinski definition) is 1. The van der Waals surface area contributed by atoms with Gasteiger partial charge in [0.2, 0.25) is 0 Å². The van der Waals surface area contributed by atoms with Crippen molar-refractivity contribution in [2.75, 3.05) is 4.90 Å². The molecule has 0 amide bonds. The number of rotatable bonds is 2. The molecule has 1 aliphatic carbocycles. The van der Waals surface area contributed by atoms with Crippen LogP contribution in [0.5, 0.6) is 0 Å². The molecule has 1 heterocycles. The lowest BCUT2D eigenvalue weighted by Crippen LogP contribution is -2.38. The van der Waals surface area contributed by atoms with Crippen LogP contribution in [0.4, 0.5) is 5.69 Å². The molecule has 0 saturated carbocycles. The van der Waals surface area contributed by atoms with Crippen LogP contribution in [0.25, 0.3) is 0 Å². The van der Waals surface area contributed by atoms with E-state index < -0.39 is 5.92 Å². The highest BCUT2D eigenvalue weighted by Crippen LogP contribution is 2.46. The van der Waals surface area contributed by atoms with Gasteiger partial charge >= 0.3 is 0 Å². The number of anilines is 1. The van der Waals surface area contributed by atoms with Gasteiger partial charge in [-0.15, -0.1) is 0 Å². The van der Waals surface area contributed by atoms with Crippen molar-refractivity contribution in [3.8, 4) is 6.07 Å². The molecular weight excluding hydrogens is 438 g/mol. The summed E-state index contributed by atoms with van der Waals surface area (Å²) in [5, 5.41) is 10.6. The maximum atomic E-state index is 13.0. The normalized spacial score (nSPS) is 19.5. The number of nitriles is 1. The Morgan fingerprint density at radius 3 is 2.43 bits per heavy atom. The molecule has 0 saturated heterocycles. The standard InChI is InChI=1S/C22H17BrClN3O/c23-14-6-4-13(5-7-14)20-17(12-25)22(26)27(16-10-8-15(24)9-11-16)18-2-1-3-19(28)21(18)20/h4-11,20H,1-3,26H2/t20-/m1/s1. The number of benzene rings is 2. The van der Waals surface area contributed by atoms with E-state index in [2.05, 4.69) is 22.0 Å². The van der Waals surface area contributed by atoms with Crippen molar-refractivity contribution in [2.45, 2.75) is 25.2 Å². The number of allylic oxidation sites excluding steroid dienone is 3. The molecule has 28 heavy (non-hydrogen) atoms. The van der Waals surface area contributed by atoms with Crippen molar-refractivity contribution in [3.63, 3.8) is 0 Å². The molecule has 2 N–H and O–H groups in total. The molecule has 1 atom stereocenters. The largest absolute Gasteiger partial charge is 0.384 e. The third kappa shape index (κ3) is 3.13. The fraction of sp³-hybridized carbons (Fsp3) is 0.182. The van der Waals surface area contributed by atoms with E-state index in [0.29, 0.717) is 28.4 Å². The molecule has 6 heteroatoms. The maximum Gasteiger partial charge on any atom is 0.161 e. The summed E-state index contributed by atoms with van der Waals surface area (Å²) in [6.45, 7) is 0.